The molecule has 1 aromatic rings. The maximum Gasteiger partial charge on any atom is 0.0701 e. The molecule has 0 saturated heterocycles. The van der Waals surface area contributed by atoms with Crippen molar-refractivity contribution in [3.05, 3.63) is 20.8 Å². The largest absolute Gasteiger partial charge is 0.316 e. The molecule has 2 unspecified atom stereocenters. The van der Waals surface area contributed by atoms with Gasteiger partial charge in [-0.25, -0.2) is 0 Å². The lowest BCUT2D eigenvalue weighted by Crippen LogP contribution is -2.39. The average molecular weight is 347 g/mol. The first kappa shape index (κ1) is 17.2. The van der Waals surface area contributed by atoms with Crippen LogP contribution in [0.2, 0.25) is 0 Å². The number of thiophene rings is 1. The van der Waals surface area contributed by atoms with Crippen LogP contribution < -0.4 is 5.32 Å². The predicted octanol–water partition coefficient (Wildman–Crippen LogP) is 4.21. The van der Waals surface area contributed by atoms with E-state index in [1.54, 1.807) is 11.3 Å². The molecule has 1 heterocycles. The summed E-state index contributed by atoms with van der Waals surface area (Å²) in [5, 5.41) is 5.79. The van der Waals surface area contributed by atoms with Crippen molar-refractivity contribution in [2.75, 3.05) is 20.1 Å². The van der Waals surface area contributed by atoms with E-state index in [0.29, 0.717) is 12.0 Å². The zero-order chi connectivity index (χ0) is 14.4. The quantitative estimate of drug-likeness (QED) is 0.758. The van der Waals surface area contributed by atoms with Crippen LogP contribution in [0, 0.1) is 11.8 Å². The van der Waals surface area contributed by atoms with Gasteiger partial charge >= 0.3 is 0 Å². The highest BCUT2D eigenvalue weighted by Gasteiger charge is 2.17. The summed E-state index contributed by atoms with van der Waals surface area (Å²) < 4.78 is 1.22. The molecule has 0 radical (unpaired) electrons. The Hall–Kier alpha value is 0.100. The summed E-state index contributed by atoms with van der Waals surface area (Å²) in [7, 11) is 2.22. The van der Waals surface area contributed by atoms with E-state index in [1.165, 1.54) is 9.35 Å². The highest BCUT2D eigenvalue weighted by atomic mass is 79.9. The molecular formula is C15H27BrN2S. The lowest BCUT2D eigenvalue weighted by atomic mass is 10.0. The summed E-state index contributed by atoms with van der Waals surface area (Å²) in [4.78, 5) is 2.44. The van der Waals surface area contributed by atoms with Gasteiger partial charge in [-0.15, -0.1) is 11.3 Å². The summed E-state index contributed by atoms with van der Waals surface area (Å²) in [5.74, 6) is 1.38. The molecule has 0 amide bonds. The molecule has 0 aliphatic heterocycles. The summed E-state index contributed by atoms with van der Waals surface area (Å²) in [6.07, 6.45) is 0. The van der Waals surface area contributed by atoms with Crippen LogP contribution in [0.25, 0.3) is 0 Å². The van der Waals surface area contributed by atoms with Gasteiger partial charge in [0.25, 0.3) is 0 Å². The van der Waals surface area contributed by atoms with Gasteiger partial charge in [0.2, 0.25) is 0 Å². The average Bonchev–Trinajstić information content (AvgIpc) is 2.73. The van der Waals surface area contributed by atoms with E-state index >= 15 is 0 Å². The Morgan fingerprint density at radius 2 is 1.95 bits per heavy atom. The molecule has 0 fully saturated rings. The third-order valence-corrected chi connectivity index (χ3v) is 5.14. The predicted molar refractivity (Wildman–Crippen MR) is 89.8 cm³/mol. The standard InChI is InChI=1S/C15H27BrN2S/c1-11(2)7-17-8-12(3)13(4)18(5)9-14-6-15(16)19-10-14/h6,10-13,17H,7-9H2,1-5H3. The van der Waals surface area contributed by atoms with Gasteiger partial charge in [0.05, 0.1) is 3.79 Å². The van der Waals surface area contributed by atoms with E-state index in [2.05, 4.69) is 72.3 Å². The molecule has 1 rings (SSSR count). The summed E-state index contributed by atoms with van der Waals surface area (Å²) in [5.41, 5.74) is 1.40. The van der Waals surface area contributed by atoms with Crippen molar-refractivity contribution in [2.24, 2.45) is 11.8 Å². The van der Waals surface area contributed by atoms with Gasteiger partial charge in [-0.05, 0) is 71.8 Å². The lowest BCUT2D eigenvalue weighted by molar-refractivity contribution is 0.188. The molecular weight excluding hydrogens is 320 g/mol. The van der Waals surface area contributed by atoms with Crippen molar-refractivity contribution in [1.29, 1.82) is 0 Å². The third kappa shape index (κ3) is 6.39. The normalized spacial score (nSPS) is 15.2. The smallest absolute Gasteiger partial charge is 0.0701 e. The number of hydrogen-bond donors (Lipinski definition) is 1. The van der Waals surface area contributed by atoms with E-state index in [9.17, 15) is 0 Å². The highest BCUT2D eigenvalue weighted by molar-refractivity contribution is 9.11. The number of nitrogens with zero attached hydrogens (tertiary/aromatic N) is 1. The van der Waals surface area contributed by atoms with Crippen LogP contribution in [-0.4, -0.2) is 31.1 Å². The van der Waals surface area contributed by atoms with Gasteiger partial charge in [-0.3, -0.25) is 4.90 Å². The number of halogens is 1. The minimum atomic E-state index is 0.582. The molecule has 0 spiro atoms. The second-order valence-electron chi connectivity index (χ2n) is 5.94. The van der Waals surface area contributed by atoms with E-state index in [4.69, 9.17) is 0 Å². The fourth-order valence-corrected chi connectivity index (χ4v) is 3.27. The molecule has 4 heteroatoms. The molecule has 19 heavy (non-hydrogen) atoms. The first-order valence-electron chi connectivity index (χ1n) is 7.04. The number of nitrogens with one attached hydrogen (secondary N) is 1. The molecule has 1 aromatic heterocycles. The van der Waals surface area contributed by atoms with Crippen molar-refractivity contribution in [3.8, 4) is 0 Å². The van der Waals surface area contributed by atoms with Crippen LogP contribution in [0.4, 0.5) is 0 Å². The number of rotatable bonds is 8. The third-order valence-electron chi connectivity index (χ3n) is 3.59. The van der Waals surface area contributed by atoms with E-state index in [-0.39, 0.29) is 0 Å². The molecule has 110 valence electrons. The van der Waals surface area contributed by atoms with Gasteiger partial charge in [-0.1, -0.05) is 20.8 Å². The van der Waals surface area contributed by atoms with Gasteiger partial charge < -0.3 is 5.32 Å². The first-order valence-corrected chi connectivity index (χ1v) is 8.71. The van der Waals surface area contributed by atoms with Crippen molar-refractivity contribution in [3.63, 3.8) is 0 Å². The van der Waals surface area contributed by atoms with E-state index < -0.39 is 0 Å². The van der Waals surface area contributed by atoms with Gasteiger partial charge in [0.15, 0.2) is 0 Å². The number of hydrogen-bond acceptors (Lipinski definition) is 3. The van der Waals surface area contributed by atoms with Crippen LogP contribution in [0.1, 0.15) is 33.3 Å². The van der Waals surface area contributed by atoms with Crippen molar-refractivity contribution in [2.45, 2.75) is 40.3 Å². The van der Waals surface area contributed by atoms with Crippen LogP contribution in [0.3, 0.4) is 0 Å². The molecule has 0 saturated carbocycles. The Bertz CT molecular complexity index is 365. The van der Waals surface area contributed by atoms with Crippen molar-refractivity contribution in [1.82, 2.24) is 10.2 Å². The minimum Gasteiger partial charge on any atom is -0.316 e. The summed E-state index contributed by atoms with van der Waals surface area (Å²) >= 11 is 5.29. The maximum atomic E-state index is 3.56. The molecule has 0 aromatic carbocycles. The fourth-order valence-electron chi connectivity index (χ4n) is 2.07. The van der Waals surface area contributed by atoms with E-state index in [0.717, 1.165) is 25.6 Å². The Labute approximate surface area is 130 Å². The maximum absolute atomic E-state index is 3.56. The van der Waals surface area contributed by atoms with Gasteiger partial charge in [-0.2, -0.15) is 0 Å². The SMILES string of the molecule is CC(C)CNCC(C)C(C)N(C)Cc1csc(Br)c1. The lowest BCUT2D eigenvalue weighted by Gasteiger charge is -2.30. The minimum absolute atomic E-state index is 0.582. The van der Waals surface area contributed by atoms with E-state index in [1.807, 2.05) is 0 Å². The van der Waals surface area contributed by atoms with Gasteiger partial charge in [0, 0.05) is 12.6 Å². The van der Waals surface area contributed by atoms with Crippen LogP contribution in [0.5, 0.6) is 0 Å². The van der Waals surface area contributed by atoms with Crippen molar-refractivity contribution < 1.29 is 0 Å². The monoisotopic (exact) mass is 346 g/mol. The second-order valence-corrected chi connectivity index (χ2v) is 8.23. The summed E-state index contributed by atoms with van der Waals surface area (Å²) in [6.45, 7) is 12.4. The van der Waals surface area contributed by atoms with Crippen molar-refractivity contribution >= 4 is 27.3 Å². The van der Waals surface area contributed by atoms with Crippen LogP contribution in [0.15, 0.2) is 15.2 Å². The van der Waals surface area contributed by atoms with Crippen LogP contribution >= 0.6 is 27.3 Å². The topological polar surface area (TPSA) is 15.3 Å². The Balaban J connectivity index is 2.36. The molecule has 2 atom stereocenters. The molecule has 0 aliphatic rings. The first-order chi connectivity index (χ1) is 8.90. The van der Waals surface area contributed by atoms with Crippen LogP contribution in [-0.2, 0) is 6.54 Å². The highest BCUT2D eigenvalue weighted by Crippen LogP contribution is 2.22. The Kier molecular flexibility index (Phi) is 7.58. The molecule has 2 nitrogen and oxygen atoms in total. The molecule has 0 aliphatic carbocycles. The Morgan fingerprint density at radius 1 is 1.26 bits per heavy atom. The molecule has 1 N–H and O–H groups in total. The van der Waals surface area contributed by atoms with Gasteiger partial charge in [0.1, 0.15) is 0 Å². The summed E-state index contributed by atoms with van der Waals surface area (Å²) in [6, 6.07) is 2.80. The second kappa shape index (κ2) is 8.40. The Morgan fingerprint density at radius 3 is 2.47 bits per heavy atom. The fraction of sp³-hybridized carbons (Fsp3) is 0.733. The zero-order valence-corrected chi connectivity index (χ0v) is 15.1. The molecule has 0 bridgehead atoms. The zero-order valence-electron chi connectivity index (χ0n) is 12.7.